The average Bonchev–Trinajstić information content (AvgIpc) is 3.28. The second kappa shape index (κ2) is 8.33. The quantitative estimate of drug-likeness (QED) is 0.369. The number of fused-ring (bicyclic) bond motifs is 1. The summed E-state index contributed by atoms with van der Waals surface area (Å²) < 4.78 is 22.5. The van der Waals surface area contributed by atoms with Crippen LogP contribution >= 0.6 is 0 Å². The van der Waals surface area contributed by atoms with Gasteiger partial charge in [-0.15, -0.1) is 0 Å². The van der Waals surface area contributed by atoms with Crippen molar-refractivity contribution in [3.05, 3.63) is 44.3 Å². The standard InChI is InChI=1S/C10H12.3CO.Fe/c1-2-4-10(7-8-10)9(3-1)5-6-9;3*1-2;/h1-4H,5-8H2;;;;. The largest absolute Gasteiger partial charge is 0 e. The van der Waals surface area contributed by atoms with Crippen molar-refractivity contribution in [1.82, 2.24) is 0 Å². The molecule has 2 saturated carbocycles. The van der Waals surface area contributed by atoms with E-state index >= 15 is 0 Å². The third-order valence-corrected chi connectivity index (χ3v) is 3.51. The molecule has 0 N–H and O–H groups in total. The molecule has 0 radical (unpaired) electrons. The van der Waals surface area contributed by atoms with Crippen molar-refractivity contribution in [2.45, 2.75) is 25.7 Å². The summed E-state index contributed by atoms with van der Waals surface area (Å²) in [6.45, 7) is 13.5. The van der Waals surface area contributed by atoms with Gasteiger partial charge in [-0.1, -0.05) is 24.3 Å². The van der Waals surface area contributed by atoms with Gasteiger partial charge in [0.1, 0.15) is 0 Å². The van der Waals surface area contributed by atoms with Gasteiger partial charge < -0.3 is 0 Å². The van der Waals surface area contributed by atoms with Crippen LogP contribution in [-0.2, 0) is 31.0 Å². The molecule has 2 spiro atoms. The van der Waals surface area contributed by atoms with Gasteiger partial charge in [-0.2, -0.15) is 0 Å². The Labute approximate surface area is 112 Å². The van der Waals surface area contributed by atoms with Crippen molar-refractivity contribution in [3.8, 4) is 0 Å². The summed E-state index contributed by atoms with van der Waals surface area (Å²) in [5, 5.41) is 0. The van der Waals surface area contributed by atoms with Crippen LogP contribution in [0.4, 0.5) is 0 Å². The smallest absolute Gasteiger partial charge is 0 e. The minimum Gasteiger partial charge on any atom is 0 e. The van der Waals surface area contributed by atoms with E-state index in [9.17, 15) is 0 Å². The molecule has 0 atom stereocenters. The molecule has 3 nitrogen and oxygen atoms in total. The Balaban J connectivity index is 0. The van der Waals surface area contributed by atoms with Gasteiger partial charge in [-0.3, -0.25) is 0 Å². The van der Waals surface area contributed by atoms with Crippen LogP contribution in [0.3, 0.4) is 0 Å². The van der Waals surface area contributed by atoms with Crippen molar-refractivity contribution < 1.29 is 31.0 Å². The molecule has 0 bridgehead atoms. The predicted octanol–water partition coefficient (Wildman–Crippen LogP) is 2.56. The van der Waals surface area contributed by atoms with Gasteiger partial charge in [0.25, 0.3) is 0 Å². The van der Waals surface area contributed by atoms with Crippen LogP contribution < -0.4 is 0 Å². The van der Waals surface area contributed by atoms with Crippen LogP contribution in [0.1, 0.15) is 25.7 Å². The van der Waals surface area contributed by atoms with Gasteiger partial charge in [-0.05, 0) is 36.5 Å². The van der Waals surface area contributed by atoms with Crippen LogP contribution in [0.25, 0.3) is 0 Å². The zero-order chi connectivity index (χ0) is 12.7. The third-order valence-electron chi connectivity index (χ3n) is 3.51. The Morgan fingerprint density at radius 2 is 0.882 bits per heavy atom. The van der Waals surface area contributed by atoms with E-state index in [2.05, 4.69) is 44.3 Å². The SMILES string of the molecule is C1=CC2(CC2)C2(C=C1)CC2.[C-]#[O+].[C-]#[O+].[C-]#[O+].[Fe]. The second-order valence-corrected chi connectivity index (χ2v) is 4.03. The fourth-order valence-electron chi connectivity index (χ4n) is 2.41. The number of rotatable bonds is 0. The van der Waals surface area contributed by atoms with Crippen molar-refractivity contribution in [1.29, 1.82) is 0 Å². The summed E-state index contributed by atoms with van der Waals surface area (Å²) in [5.41, 5.74) is 1.34. The molecule has 3 rings (SSSR count). The van der Waals surface area contributed by atoms with Crippen LogP contribution in [0.15, 0.2) is 24.3 Å². The van der Waals surface area contributed by atoms with Gasteiger partial charge in [0.15, 0.2) is 0 Å². The first-order valence-electron chi connectivity index (χ1n) is 4.85. The van der Waals surface area contributed by atoms with E-state index in [1.54, 1.807) is 0 Å². The molecule has 3 aliphatic rings. The second-order valence-electron chi connectivity index (χ2n) is 4.03. The Morgan fingerprint density at radius 3 is 1.06 bits per heavy atom. The maximum atomic E-state index is 7.50. The fourth-order valence-corrected chi connectivity index (χ4v) is 2.41. The third kappa shape index (κ3) is 3.59. The van der Waals surface area contributed by atoms with Gasteiger partial charge in [0.05, 0.1) is 0 Å². The van der Waals surface area contributed by atoms with E-state index < -0.39 is 0 Å². The van der Waals surface area contributed by atoms with E-state index in [0.29, 0.717) is 10.8 Å². The van der Waals surface area contributed by atoms with Crippen molar-refractivity contribution >= 4 is 0 Å². The first-order valence-corrected chi connectivity index (χ1v) is 4.85. The summed E-state index contributed by atoms with van der Waals surface area (Å²) in [4.78, 5) is 0. The molecule has 0 unspecified atom stereocenters. The Morgan fingerprint density at radius 1 is 0.647 bits per heavy atom. The van der Waals surface area contributed by atoms with Crippen LogP contribution in [0.2, 0.25) is 0 Å². The molecule has 3 aliphatic carbocycles. The monoisotopic (exact) mass is 272 g/mol. The molecule has 2 fully saturated rings. The zero-order valence-electron chi connectivity index (χ0n) is 9.22. The molecule has 0 saturated heterocycles. The summed E-state index contributed by atoms with van der Waals surface area (Å²) >= 11 is 0. The number of hydrogen-bond donors (Lipinski definition) is 0. The molecule has 0 amide bonds. The van der Waals surface area contributed by atoms with E-state index in [1.807, 2.05) is 0 Å². The number of allylic oxidation sites excluding steroid dienone is 4. The van der Waals surface area contributed by atoms with Gasteiger partial charge in [-0.25, -0.2) is 0 Å². The molecule has 0 aromatic rings. The molecular formula is C13H12FeO3. The Bertz CT molecular complexity index is 301. The normalized spacial score (nSPS) is 21.1. The van der Waals surface area contributed by atoms with Crippen molar-refractivity contribution in [2.75, 3.05) is 0 Å². The van der Waals surface area contributed by atoms with Crippen molar-refractivity contribution in [2.24, 2.45) is 10.8 Å². The average molecular weight is 272 g/mol. The molecule has 0 heterocycles. The molecule has 90 valence electrons. The fraction of sp³-hybridized carbons (Fsp3) is 0.462. The predicted molar refractivity (Wildman–Crippen MR) is 53.4 cm³/mol. The van der Waals surface area contributed by atoms with E-state index in [1.165, 1.54) is 25.7 Å². The van der Waals surface area contributed by atoms with E-state index in [4.69, 9.17) is 14.0 Å². The topological polar surface area (TPSA) is 59.7 Å². The molecule has 0 aliphatic heterocycles. The summed E-state index contributed by atoms with van der Waals surface area (Å²) in [7, 11) is 0. The maximum absolute atomic E-state index is 7.50. The molecule has 0 aromatic heterocycles. The maximum Gasteiger partial charge on any atom is 0 e. The summed E-state index contributed by atoms with van der Waals surface area (Å²) in [5.74, 6) is 0. The Hall–Kier alpha value is -0.781. The summed E-state index contributed by atoms with van der Waals surface area (Å²) in [6.07, 6.45) is 15.2. The minimum absolute atomic E-state index is 0. The van der Waals surface area contributed by atoms with Crippen molar-refractivity contribution in [3.63, 3.8) is 0 Å². The summed E-state index contributed by atoms with van der Waals surface area (Å²) in [6, 6.07) is 0. The molecule has 4 heteroatoms. The first kappa shape index (κ1) is 18.6. The van der Waals surface area contributed by atoms with Crippen LogP contribution in [-0.4, -0.2) is 0 Å². The molecular weight excluding hydrogens is 260 g/mol. The van der Waals surface area contributed by atoms with Gasteiger partial charge in [0, 0.05) is 17.1 Å². The van der Waals surface area contributed by atoms with E-state index in [-0.39, 0.29) is 17.1 Å². The minimum atomic E-state index is 0. The van der Waals surface area contributed by atoms with Crippen LogP contribution in [0.5, 0.6) is 0 Å². The zero-order valence-corrected chi connectivity index (χ0v) is 10.3. The first-order chi connectivity index (χ1) is 7.87. The van der Waals surface area contributed by atoms with Gasteiger partial charge in [0.2, 0.25) is 0 Å². The molecule has 0 aromatic carbocycles. The molecule has 17 heavy (non-hydrogen) atoms. The van der Waals surface area contributed by atoms with Gasteiger partial charge >= 0.3 is 33.9 Å². The number of hydrogen-bond acceptors (Lipinski definition) is 0. The van der Waals surface area contributed by atoms with Crippen LogP contribution in [0, 0.1) is 30.8 Å². The van der Waals surface area contributed by atoms with E-state index in [0.717, 1.165) is 0 Å². The Kier molecular flexibility index (Phi) is 9.11.